The molecule has 1 aliphatic rings. The van der Waals surface area contributed by atoms with Crippen LogP contribution >= 0.6 is 11.8 Å². The van der Waals surface area contributed by atoms with E-state index in [4.69, 9.17) is 18.9 Å². The third-order valence-electron chi connectivity index (χ3n) is 6.50. The van der Waals surface area contributed by atoms with Crippen molar-refractivity contribution in [3.63, 3.8) is 0 Å². The summed E-state index contributed by atoms with van der Waals surface area (Å²) in [5.41, 5.74) is 1.02. The summed E-state index contributed by atoms with van der Waals surface area (Å²) in [5.74, 6) is -1.78. The molecule has 3 aromatic carbocycles. The molecule has 0 N–H and O–H groups in total. The van der Waals surface area contributed by atoms with Gasteiger partial charge in [0.05, 0.1) is 21.6 Å². The van der Waals surface area contributed by atoms with Crippen LogP contribution < -0.4 is 4.57 Å². The number of nitrogens with zero attached hydrogens (tertiary/aromatic N) is 1. The normalized spacial score (nSPS) is 19.7. The first-order chi connectivity index (χ1) is 20.0. The molecule has 1 saturated heterocycles. The summed E-state index contributed by atoms with van der Waals surface area (Å²) in [4.78, 5) is 40.2. The zero-order valence-electron chi connectivity index (χ0n) is 22.2. The highest BCUT2D eigenvalue weighted by molar-refractivity contribution is 7.98. The number of thioether (sulfide) groups is 1. The highest BCUT2D eigenvalue weighted by Gasteiger charge is 2.55. The third kappa shape index (κ3) is 6.82. The molecule has 1 aromatic heterocycles. The van der Waals surface area contributed by atoms with Gasteiger partial charge in [0.1, 0.15) is 12.7 Å². The van der Waals surface area contributed by atoms with E-state index in [9.17, 15) is 14.4 Å². The molecule has 4 aromatic rings. The Bertz CT molecular complexity index is 1480. The lowest BCUT2D eigenvalue weighted by Gasteiger charge is -2.23. The van der Waals surface area contributed by atoms with Crippen molar-refractivity contribution in [2.45, 2.75) is 29.4 Å². The van der Waals surface area contributed by atoms with Gasteiger partial charge in [0.25, 0.3) is 0 Å². The highest BCUT2D eigenvalue weighted by Crippen LogP contribution is 2.33. The molecule has 0 spiro atoms. The molecule has 8 nitrogen and oxygen atoms in total. The van der Waals surface area contributed by atoms with Gasteiger partial charge < -0.3 is 18.9 Å². The van der Waals surface area contributed by atoms with Crippen molar-refractivity contribution < 1.29 is 37.9 Å². The SMILES string of the molecule is CSc1ccc[n+](C2OC(COC(=O)c3ccccc3)C(OC(=O)c3ccccc3)C2OC(=O)c2ccccc2)c1. The maximum atomic E-state index is 13.2. The topological polar surface area (TPSA) is 92.0 Å². The van der Waals surface area contributed by atoms with Gasteiger partial charge in [0.2, 0.25) is 6.10 Å². The van der Waals surface area contributed by atoms with Crippen molar-refractivity contribution >= 4 is 29.7 Å². The minimum Gasteiger partial charge on any atom is -0.459 e. The van der Waals surface area contributed by atoms with E-state index in [1.54, 1.807) is 102 Å². The average molecular weight is 571 g/mol. The van der Waals surface area contributed by atoms with Crippen LogP contribution in [-0.2, 0) is 18.9 Å². The van der Waals surface area contributed by atoms with Crippen LogP contribution in [0.2, 0.25) is 0 Å². The molecule has 0 saturated carbocycles. The van der Waals surface area contributed by atoms with Gasteiger partial charge in [0.15, 0.2) is 18.5 Å². The van der Waals surface area contributed by atoms with Crippen molar-refractivity contribution in [3.05, 3.63) is 132 Å². The summed E-state index contributed by atoms with van der Waals surface area (Å²) in [6.07, 6.45) is 1.63. The predicted molar refractivity (Wildman–Crippen MR) is 150 cm³/mol. The van der Waals surface area contributed by atoms with Gasteiger partial charge in [-0.05, 0) is 48.7 Å². The molecule has 5 rings (SSSR count). The first kappa shape index (κ1) is 28.1. The molecule has 0 bridgehead atoms. The van der Waals surface area contributed by atoms with Gasteiger partial charge in [-0.25, -0.2) is 14.4 Å². The van der Waals surface area contributed by atoms with E-state index in [0.717, 1.165) is 4.90 Å². The quantitative estimate of drug-likeness (QED) is 0.121. The van der Waals surface area contributed by atoms with Crippen molar-refractivity contribution in [2.75, 3.05) is 12.9 Å². The number of carbonyl (C=O) groups is 3. The molecule has 0 amide bonds. The Morgan fingerprint density at radius 2 is 1.22 bits per heavy atom. The Hall–Kier alpha value is -4.47. The molecule has 208 valence electrons. The van der Waals surface area contributed by atoms with E-state index in [0.29, 0.717) is 16.7 Å². The monoisotopic (exact) mass is 570 g/mol. The van der Waals surface area contributed by atoms with Crippen LogP contribution in [0.25, 0.3) is 0 Å². The lowest BCUT2D eigenvalue weighted by atomic mass is 10.1. The first-order valence-corrected chi connectivity index (χ1v) is 14.2. The molecule has 1 fully saturated rings. The summed E-state index contributed by atoms with van der Waals surface area (Å²) in [5, 5.41) is 0. The van der Waals surface area contributed by atoms with E-state index in [1.165, 1.54) is 11.8 Å². The average Bonchev–Trinajstić information content (AvgIpc) is 3.37. The Morgan fingerprint density at radius 3 is 1.76 bits per heavy atom. The lowest BCUT2D eigenvalue weighted by molar-refractivity contribution is -0.766. The number of benzene rings is 3. The molecule has 1 aliphatic heterocycles. The van der Waals surface area contributed by atoms with Crippen LogP contribution in [-0.4, -0.2) is 49.1 Å². The van der Waals surface area contributed by atoms with Crippen LogP contribution in [0.5, 0.6) is 0 Å². The van der Waals surface area contributed by atoms with E-state index < -0.39 is 42.4 Å². The Kier molecular flexibility index (Phi) is 9.08. The number of aromatic nitrogens is 1. The fourth-order valence-electron chi connectivity index (χ4n) is 4.45. The summed E-state index contributed by atoms with van der Waals surface area (Å²) in [7, 11) is 0. The number of ether oxygens (including phenoxy) is 4. The number of esters is 3. The van der Waals surface area contributed by atoms with Crippen LogP contribution in [0.15, 0.2) is 120 Å². The second kappa shape index (κ2) is 13.3. The van der Waals surface area contributed by atoms with Crippen LogP contribution in [0.4, 0.5) is 0 Å². The van der Waals surface area contributed by atoms with E-state index >= 15 is 0 Å². The van der Waals surface area contributed by atoms with Crippen molar-refractivity contribution in [2.24, 2.45) is 0 Å². The molecule has 4 unspecified atom stereocenters. The zero-order valence-corrected chi connectivity index (χ0v) is 23.0. The highest BCUT2D eigenvalue weighted by atomic mass is 32.2. The summed E-state index contributed by atoms with van der Waals surface area (Å²) < 4.78 is 25.7. The molecular weight excluding hydrogens is 542 g/mol. The van der Waals surface area contributed by atoms with E-state index in [-0.39, 0.29) is 6.61 Å². The van der Waals surface area contributed by atoms with Crippen molar-refractivity contribution in [1.82, 2.24) is 0 Å². The second-order valence-corrected chi connectivity index (χ2v) is 10.1. The molecule has 0 aliphatic carbocycles. The van der Waals surface area contributed by atoms with Gasteiger partial charge in [-0.1, -0.05) is 54.6 Å². The number of carbonyl (C=O) groups excluding carboxylic acids is 3. The predicted octanol–water partition coefficient (Wildman–Crippen LogP) is 4.90. The number of hydrogen-bond donors (Lipinski definition) is 0. The summed E-state index contributed by atoms with van der Waals surface area (Å²) in [6, 6.07) is 29.3. The molecule has 0 radical (unpaired) electrons. The fourth-order valence-corrected chi connectivity index (χ4v) is 4.89. The minimum absolute atomic E-state index is 0.237. The summed E-state index contributed by atoms with van der Waals surface area (Å²) >= 11 is 1.54. The maximum absolute atomic E-state index is 13.2. The van der Waals surface area contributed by atoms with Gasteiger partial charge in [-0.2, -0.15) is 4.57 Å². The minimum atomic E-state index is -1.09. The molecular formula is C32H28NO7S+. The van der Waals surface area contributed by atoms with Gasteiger partial charge in [-0.15, -0.1) is 11.8 Å². The number of pyridine rings is 1. The Morgan fingerprint density at radius 1 is 0.707 bits per heavy atom. The van der Waals surface area contributed by atoms with Gasteiger partial charge in [0, 0.05) is 6.07 Å². The molecule has 41 heavy (non-hydrogen) atoms. The first-order valence-electron chi connectivity index (χ1n) is 13.0. The fraction of sp³-hybridized carbons (Fsp3) is 0.188. The van der Waals surface area contributed by atoms with Crippen molar-refractivity contribution in [1.29, 1.82) is 0 Å². The largest absolute Gasteiger partial charge is 0.459 e. The third-order valence-corrected chi connectivity index (χ3v) is 7.22. The second-order valence-electron chi connectivity index (χ2n) is 9.19. The van der Waals surface area contributed by atoms with Crippen LogP contribution in [0.3, 0.4) is 0 Å². The van der Waals surface area contributed by atoms with E-state index in [1.807, 2.05) is 24.6 Å². The number of rotatable bonds is 9. The van der Waals surface area contributed by atoms with Gasteiger partial charge >= 0.3 is 24.1 Å². The van der Waals surface area contributed by atoms with Crippen molar-refractivity contribution in [3.8, 4) is 0 Å². The van der Waals surface area contributed by atoms with E-state index in [2.05, 4.69) is 0 Å². The molecule has 4 atom stereocenters. The molecule has 9 heteroatoms. The van der Waals surface area contributed by atoms with Gasteiger partial charge in [-0.3, -0.25) is 0 Å². The lowest BCUT2D eigenvalue weighted by Crippen LogP contribution is -2.48. The maximum Gasteiger partial charge on any atom is 0.338 e. The Labute approximate surface area is 241 Å². The molecule has 2 heterocycles. The van der Waals surface area contributed by atoms with Crippen LogP contribution in [0, 0.1) is 0 Å². The number of hydrogen-bond acceptors (Lipinski definition) is 8. The van der Waals surface area contributed by atoms with Crippen LogP contribution in [0.1, 0.15) is 37.3 Å². The zero-order chi connectivity index (χ0) is 28.6. The smallest absolute Gasteiger partial charge is 0.338 e. The Balaban J connectivity index is 1.48. The summed E-state index contributed by atoms with van der Waals surface area (Å²) in [6.45, 7) is -0.237. The standard InChI is InChI=1S/C32H28NO7S/c1-41-25-18-11-19-33(20-25)29-28(40-32(36)24-16-9-4-10-17-24)27(39-31(35)23-14-7-3-8-15-23)26(38-29)21-37-30(34)22-12-5-2-6-13-22/h2-20,26-29H,21H2,1H3/q+1.